The van der Waals surface area contributed by atoms with Crippen molar-refractivity contribution >= 4 is 11.6 Å². The van der Waals surface area contributed by atoms with E-state index in [2.05, 4.69) is 19.1 Å². The molecule has 0 aliphatic rings. The number of hydrogen-bond donors (Lipinski definition) is 1. The molecule has 106 valence electrons. The van der Waals surface area contributed by atoms with Gasteiger partial charge in [0, 0.05) is 10.6 Å². The molecular weight excluding hydrogens is 270 g/mol. The van der Waals surface area contributed by atoms with Crippen LogP contribution in [0.3, 0.4) is 0 Å². The van der Waals surface area contributed by atoms with Gasteiger partial charge in [0.2, 0.25) is 0 Å². The second-order valence-corrected chi connectivity index (χ2v) is 5.59. The summed E-state index contributed by atoms with van der Waals surface area (Å²) >= 11 is 6.36. The maximum absolute atomic E-state index is 6.42. The molecule has 0 bridgehead atoms. The van der Waals surface area contributed by atoms with Crippen LogP contribution in [-0.2, 0) is 0 Å². The first-order chi connectivity index (χ1) is 9.43. The Morgan fingerprint density at radius 1 is 1.00 bits per heavy atom. The fraction of sp³-hybridized carbons (Fsp3) is 0.294. The largest absolute Gasteiger partial charge is 0.496 e. The number of aryl methyl sites for hydroxylation is 3. The van der Waals surface area contributed by atoms with E-state index in [0.29, 0.717) is 5.02 Å². The standard InChI is InChI=1S/C17H20ClNO/c1-10-5-6-16(20-4)14(7-10)17(19)13-8-11(2)12(3)9-15(13)18/h5-9,17H,19H2,1-4H3. The molecule has 0 aromatic heterocycles. The summed E-state index contributed by atoms with van der Waals surface area (Å²) < 4.78 is 5.41. The van der Waals surface area contributed by atoms with Gasteiger partial charge in [-0.05, 0) is 49.6 Å². The molecule has 1 unspecified atom stereocenters. The second kappa shape index (κ2) is 5.86. The first-order valence-electron chi connectivity index (χ1n) is 6.60. The summed E-state index contributed by atoms with van der Waals surface area (Å²) in [5, 5.41) is 0.698. The van der Waals surface area contributed by atoms with Crippen molar-refractivity contribution in [3.05, 3.63) is 63.2 Å². The van der Waals surface area contributed by atoms with E-state index in [1.54, 1.807) is 7.11 Å². The molecule has 0 aliphatic heterocycles. The molecule has 2 nitrogen and oxygen atoms in total. The van der Waals surface area contributed by atoms with Gasteiger partial charge in [-0.3, -0.25) is 0 Å². The third kappa shape index (κ3) is 2.82. The van der Waals surface area contributed by atoms with Crippen LogP contribution in [0.5, 0.6) is 5.75 Å². The van der Waals surface area contributed by atoms with Crippen molar-refractivity contribution in [3.63, 3.8) is 0 Å². The quantitative estimate of drug-likeness (QED) is 0.913. The van der Waals surface area contributed by atoms with Gasteiger partial charge in [0.25, 0.3) is 0 Å². The molecule has 2 rings (SSSR count). The van der Waals surface area contributed by atoms with Gasteiger partial charge in [-0.15, -0.1) is 0 Å². The van der Waals surface area contributed by atoms with E-state index >= 15 is 0 Å². The van der Waals surface area contributed by atoms with Crippen molar-refractivity contribution in [2.75, 3.05) is 7.11 Å². The Labute approximate surface area is 125 Å². The fourth-order valence-corrected chi connectivity index (χ4v) is 2.64. The molecule has 0 amide bonds. The minimum absolute atomic E-state index is 0.295. The number of ether oxygens (including phenoxy) is 1. The van der Waals surface area contributed by atoms with Gasteiger partial charge in [0.15, 0.2) is 0 Å². The normalized spacial score (nSPS) is 12.3. The topological polar surface area (TPSA) is 35.2 Å². The Morgan fingerprint density at radius 2 is 1.65 bits per heavy atom. The van der Waals surface area contributed by atoms with E-state index in [9.17, 15) is 0 Å². The van der Waals surface area contributed by atoms with Gasteiger partial charge in [-0.2, -0.15) is 0 Å². The van der Waals surface area contributed by atoms with Crippen molar-refractivity contribution in [1.29, 1.82) is 0 Å². The summed E-state index contributed by atoms with van der Waals surface area (Å²) in [4.78, 5) is 0. The van der Waals surface area contributed by atoms with Crippen molar-refractivity contribution in [2.45, 2.75) is 26.8 Å². The average Bonchev–Trinajstić information content (AvgIpc) is 2.42. The molecule has 0 fully saturated rings. The van der Waals surface area contributed by atoms with Crippen LogP contribution in [0.2, 0.25) is 5.02 Å². The summed E-state index contributed by atoms with van der Waals surface area (Å²) in [7, 11) is 1.66. The summed E-state index contributed by atoms with van der Waals surface area (Å²) in [6.07, 6.45) is 0. The zero-order chi connectivity index (χ0) is 14.9. The molecular formula is C17H20ClNO. The van der Waals surface area contributed by atoms with Crippen LogP contribution in [0.1, 0.15) is 33.9 Å². The van der Waals surface area contributed by atoms with Gasteiger partial charge >= 0.3 is 0 Å². The molecule has 0 saturated heterocycles. The summed E-state index contributed by atoms with van der Waals surface area (Å²) in [5.41, 5.74) is 11.8. The number of halogens is 1. The fourth-order valence-electron chi connectivity index (χ4n) is 2.31. The minimum atomic E-state index is -0.295. The number of hydrogen-bond acceptors (Lipinski definition) is 2. The van der Waals surface area contributed by atoms with Crippen molar-refractivity contribution < 1.29 is 4.74 Å². The molecule has 2 aromatic carbocycles. The Morgan fingerprint density at radius 3 is 2.30 bits per heavy atom. The lowest BCUT2D eigenvalue weighted by molar-refractivity contribution is 0.407. The van der Waals surface area contributed by atoms with Gasteiger partial charge in [-0.25, -0.2) is 0 Å². The van der Waals surface area contributed by atoms with E-state index in [1.165, 1.54) is 11.1 Å². The molecule has 0 saturated carbocycles. The second-order valence-electron chi connectivity index (χ2n) is 5.18. The maximum Gasteiger partial charge on any atom is 0.123 e. The molecule has 3 heteroatoms. The molecule has 0 aliphatic carbocycles. The summed E-state index contributed by atoms with van der Waals surface area (Å²) in [6, 6.07) is 9.74. The highest BCUT2D eigenvalue weighted by Gasteiger charge is 2.17. The zero-order valence-electron chi connectivity index (χ0n) is 12.3. The highest BCUT2D eigenvalue weighted by Crippen LogP contribution is 2.33. The Balaban J connectivity index is 2.54. The molecule has 20 heavy (non-hydrogen) atoms. The molecule has 2 N–H and O–H groups in total. The molecule has 0 spiro atoms. The third-order valence-corrected chi connectivity index (χ3v) is 4.00. The average molecular weight is 290 g/mol. The lowest BCUT2D eigenvalue weighted by atomic mass is 9.94. The van der Waals surface area contributed by atoms with Crippen LogP contribution < -0.4 is 10.5 Å². The van der Waals surface area contributed by atoms with Crippen molar-refractivity contribution in [3.8, 4) is 5.75 Å². The van der Waals surface area contributed by atoms with Crippen LogP contribution in [0, 0.1) is 20.8 Å². The SMILES string of the molecule is COc1ccc(C)cc1C(N)c1cc(C)c(C)cc1Cl. The monoisotopic (exact) mass is 289 g/mol. The highest BCUT2D eigenvalue weighted by molar-refractivity contribution is 6.31. The first kappa shape index (κ1) is 14.9. The molecule has 0 radical (unpaired) electrons. The van der Waals surface area contributed by atoms with Crippen LogP contribution in [-0.4, -0.2) is 7.11 Å². The van der Waals surface area contributed by atoms with E-state index in [1.807, 2.05) is 32.0 Å². The van der Waals surface area contributed by atoms with E-state index < -0.39 is 0 Å². The minimum Gasteiger partial charge on any atom is -0.496 e. The van der Waals surface area contributed by atoms with Gasteiger partial charge in [-0.1, -0.05) is 35.4 Å². The van der Waals surface area contributed by atoms with Crippen LogP contribution in [0.25, 0.3) is 0 Å². The Bertz CT molecular complexity index is 637. The molecule has 2 aromatic rings. The zero-order valence-corrected chi connectivity index (χ0v) is 13.1. The number of methoxy groups -OCH3 is 1. The van der Waals surface area contributed by atoms with Crippen LogP contribution in [0.15, 0.2) is 30.3 Å². The van der Waals surface area contributed by atoms with Gasteiger partial charge < -0.3 is 10.5 Å². The predicted molar refractivity (Wildman–Crippen MR) is 84.7 cm³/mol. The predicted octanol–water partition coefficient (Wildman–Crippen LogP) is 4.32. The number of rotatable bonds is 3. The lowest BCUT2D eigenvalue weighted by Crippen LogP contribution is -2.14. The maximum atomic E-state index is 6.42. The smallest absolute Gasteiger partial charge is 0.123 e. The Kier molecular flexibility index (Phi) is 4.36. The molecule has 0 heterocycles. The summed E-state index contributed by atoms with van der Waals surface area (Å²) in [6.45, 7) is 6.15. The summed E-state index contributed by atoms with van der Waals surface area (Å²) in [5.74, 6) is 0.789. The van der Waals surface area contributed by atoms with E-state index in [-0.39, 0.29) is 6.04 Å². The number of nitrogens with two attached hydrogens (primary N) is 1. The first-order valence-corrected chi connectivity index (χ1v) is 6.98. The van der Waals surface area contributed by atoms with Crippen molar-refractivity contribution in [2.24, 2.45) is 5.73 Å². The van der Waals surface area contributed by atoms with Crippen LogP contribution >= 0.6 is 11.6 Å². The highest BCUT2D eigenvalue weighted by atomic mass is 35.5. The Hall–Kier alpha value is -1.51. The number of benzene rings is 2. The van der Waals surface area contributed by atoms with E-state index in [4.69, 9.17) is 22.1 Å². The van der Waals surface area contributed by atoms with Crippen molar-refractivity contribution in [1.82, 2.24) is 0 Å². The molecule has 1 atom stereocenters. The third-order valence-electron chi connectivity index (χ3n) is 3.67. The lowest BCUT2D eigenvalue weighted by Gasteiger charge is -2.19. The van der Waals surface area contributed by atoms with Crippen LogP contribution in [0.4, 0.5) is 0 Å². The van der Waals surface area contributed by atoms with Gasteiger partial charge in [0.1, 0.15) is 5.75 Å². The van der Waals surface area contributed by atoms with E-state index in [0.717, 1.165) is 22.4 Å². The van der Waals surface area contributed by atoms with Gasteiger partial charge in [0.05, 0.1) is 13.2 Å².